The van der Waals surface area contributed by atoms with Crippen molar-refractivity contribution in [1.29, 1.82) is 0 Å². The predicted octanol–water partition coefficient (Wildman–Crippen LogP) is 2.59. The van der Waals surface area contributed by atoms with Crippen LogP contribution in [-0.2, 0) is 4.79 Å². The zero-order valence-electron chi connectivity index (χ0n) is 10.5. The van der Waals surface area contributed by atoms with E-state index in [1.165, 1.54) is 11.3 Å². The first-order valence-corrected chi connectivity index (χ1v) is 7.52. The fraction of sp³-hybridized carbons (Fsp3) is 0.385. The third kappa shape index (κ3) is 2.30. The maximum Gasteiger partial charge on any atom is 0.229 e. The second kappa shape index (κ2) is 5.02. The highest BCUT2D eigenvalue weighted by atomic mass is 32.1. The molecule has 1 atom stereocenters. The van der Waals surface area contributed by atoms with E-state index in [-0.39, 0.29) is 5.91 Å². The number of aromatic nitrogens is 1. The molecule has 0 spiro atoms. The molecule has 1 aromatic carbocycles. The predicted molar refractivity (Wildman–Crippen MR) is 80.5 cm³/mol. The summed E-state index contributed by atoms with van der Waals surface area (Å²) < 4.78 is 6.24. The highest BCUT2D eigenvalue weighted by Gasteiger charge is 2.31. The molecular weight excluding hydrogens is 280 g/mol. The Balaban J connectivity index is 1.95. The number of carbonyl (C=O) groups is 1. The number of thiazole rings is 1. The highest BCUT2D eigenvalue weighted by molar-refractivity contribution is 7.80. The summed E-state index contributed by atoms with van der Waals surface area (Å²) in [4.78, 5) is 18.3. The van der Waals surface area contributed by atoms with Crippen molar-refractivity contribution in [1.82, 2.24) is 4.98 Å². The number of ether oxygens (including phenoxy) is 1. The number of hydrogen-bond donors (Lipinski definition) is 1. The maximum atomic E-state index is 12.0. The molecule has 1 saturated heterocycles. The van der Waals surface area contributed by atoms with Gasteiger partial charge in [0, 0.05) is 13.0 Å². The summed E-state index contributed by atoms with van der Waals surface area (Å²) in [6.45, 7) is 0.722. The van der Waals surface area contributed by atoms with Gasteiger partial charge in [0.1, 0.15) is 5.75 Å². The molecule has 1 aliphatic rings. The van der Waals surface area contributed by atoms with E-state index in [4.69, 9.17) is 4.74 Å². The summed E-state index contributed by atoms with van der Waals surface area (Å²) in [5, 5.41) is 0.775. The molecule has 3 rings (SSSR count). The molecule has 0 aliphatic carbocycles. The molecule has 1 unspecified atom stereocenters. The summed E-state index contributed by atoms with van der Waals surface area (Å²) >= 11 is 5.80. The van der Waals surface area contributed by atoms with Crippen LogP contribution in [0, 0.1) is 5.92 Å². The van der Waals surface area contributed by atoms with Crippen LogP contribution in [0.15, 0.2) is 18.2 Å². The number of rotatable bonds is 3. The van der Waals surface area contributed by atoms with Gasteiger partial charge in [0.2, 0.25) is 5.91 Å². The molecule has 100 valence electrons. The van der Waals surface area contributed by atoms with E-state index in [2.05, 4.69) is 17.6 Å². The number of amides is 1. The Morgan fingerprint density at radius 3 is 3.11 bits per heavy atom. The van der Waals surface area contributed by atoms with Gasteiger partial charge in [-0.3, -0.25) is 9.69 Å². The smallest absolute Gasteiger partial charge is 0.229 e. The Hall–Kier alpha value is -1.27. The largest absolute Gasteiger partial charge is 0.497 e. The molecule has 2 aromatic rings. The second-order valence-electron chi connectivity index (χ2n) is 4.59. The zero-order chi connectivity index (χ0) is 13.4. The lowest BCUT2D eigenvalue weighted by Crippen LogP contribution is -2.24. The number of thiol groups is 1. The first-order valence-electron chi connectivity index (χ1n) is 6.07. The fourth-order valence-electron chi connectivity index (χ4n) is 2.22. The van der Waals surface area contributed by atoms with Gasteiger partial charge in [-0.15, -0.1) is 0 Å². The van der Waals surface area contributed by atoms with Crippen LogP contribution in [0.5, 0.6) is 5.75 Å². The molecule has 4 nitrogen and oxygen atoms in total. The van der Waals surface area contributed by atoms with Crippen molar-refractivity contribution in [3.05, 3.63) is 18.2 Å². The minimum Gasteiger partial charge on any atom is -0.497 e. The van der Waals surface area contributed by atoms with Crippen LogP contribution in [0.2, 0.25) is 0 Å². The molecule has 19 heavy (non-hydrogen) atoms. The number of hydrogen-bond acceptors (Lipinski definition) is 5. The van der Waals surface area contributed by atoms with Gasteiger partial charge in [0.05, 0.1) is 17.3 Å². The molecule has 0 N–H and O–H groups in total. The fourth-order valence-corrected chi connectivity index (χ4v) is 3.49. The number of nitrogens with zero attached hydrogens (tertiary/aromatic N) is 2. The molecule has 1 fully saturated rings. The number of anilines is 1. The Morgan fingerprint density at radius 1 is 1.58 bits per heavy atom. The van der Waals surface area contributed by atoms with Crippen LogP contribution in [0.25, 0.3) is 10.2 Å². The van der Waals surface area contributed by atoms with Gasteiger partial charge >= 0.3 is 0 Å². The Morgan fingerprint density at radius 2 is 2.42 bits per heavy atom. The van der Waals surface area contributed by atoms with Gasteiger partial charge in [0.15, 0.2) is 5.13 Å². The van der Waals surface area contributed by atoms with E-state index in [0.29, 0.717) is 12.3 Å². The summed E-state index contributed by atoms with van der Waals surface area (Å²) in [6, 6.07) is 5.76. The number of methoxy groups -OCH3 is 1. The average Bonchev–Trinajstić information content (AvgIpc) is 3.00. The van der Waals surface area contributed by atoms with Crippen LogP contribution in [-0.4, -0.2) is 30.3 Å². The van der Waals surface area contributed by atoms with Crippen LogP contribution in [0.1, 0.15) is 6.42 Å². The Kier molecular flexibility index (Phi) is 3.36. The molecule has 0 bridgehead atoms. The molecule has 0 radical (unpaired) electrons. The summed E-state index contributed by atoms with van der Waals surface area (Å²) in [5.41, 5.74) is 0.905. The van der Waals surface area contributed by atoms with Crippen LogP contribution in [0.3, 0.4) is 0 Å². The number of carbonyl (C=O) groups excluding carboxylic acids is 1. The average molecular weight is 294 g/mol. The SMILES string of the molecule is COc1ccc2nc(N3CC(CS)CC3=O)sc2c1. The Labute approximate surface area is 120 Å². The lowest BCUT2D eigenvalue weighted by molar-refractivity contribution is -0.117. The minimum atomic E-state index is 0.144. The van der Waals surface area contributed by atoms with Gasteiger partial charge in [-0.1, -0.05) is 11.3 Å². The lowest BCUT2D eigenvalue weighted by atomic mass is 10.1. The minimum absolute atomic E-state index is 0.144. The topological polar surface area (TPSA) is 42.4 Å². The molecule has 1 aromatic heterocycles. The quantitative estimate of drug-likeness (QED) is 0.885. The number of benzene rings is 1. The van der Waals surface area contributed by atoms with Crippen molar-refractivity contribution in [3.8, 4) is 5.75 Å². The first-order chi connectivity index (χ1) is 9.21. The van der Waals surface area contributed by atoms with E-state index in [0.717, 1.165) is 33.4 Å². The van der Waals surface area contributed by atoms with Crippen LogP contribution in [0.4, 0.5) is 5.13 Å². The first kappa shape index (κ1) is 12.7. The number of fused-ring (bicyclic) bond motifs is 1. The summed E-state index contributed by atoms with van der Waals surface area (Å²) in [5.74, 6) is 2.02. The van der Waals surface area contributed by atoms with E-state index < -0.39 is 0 Å². The van der Waals surface area contributed by atoms with Crippen LogP contribution < -0.4 is 9.64 Å². The molecule has 1 aliphatic heterocycles. The monoisotopic (exact) mass is 294 g/mol. The van der Waals surface area contributed by atoms with E-state index >= 15 is 0 Å². The van der Waals surface area contributed by atoms with Crippen molar-refractivity contribution < 1.29 is 9.53 Å². The maximum absolute atomic E-state index is 12.0. The van der Waals surface area contributed by atoms with Gasteiger partial charge in [-0.2, -0.15) is 12.6 Å². The second-order valence-corrected chi connectivity index (χ2v) is 5.96. The van der Waals surface area contributed by atoms with Gasteiger partial charge < -0.3 is 4.74 Å². The zero-order valence-corrected chi connectivity index (χ0v) is 12.2. The van der Waals surface area contributed by atoms with Crippen molar-refractivity contribution in [3.63, 3.8) is 0 Å². The highest BCUT2D eigenvalue weighted by Crippen LogP contribution is 2.34. The molecule has 0 saturated carbocycles. The third-order valence-corrected chi connectivity index (χ3v) is 4.84. The molecule has 1 amide bonds. The van der Waals surface area contributed by atoms with Gasteiger partial charge in [-0.25, -0.2) is 4.98 Å². The standard InChI is InChI=1S/C13H14N2O2S2/c1-17-9-2-3-10-11(5-9)19-13(14-10)15-6-8(7-18)4-12(15)16/h2-3,5,8,18H,4,6-7H2,1H3. The molecular formula is C13H14N2O2S2. The van der Waals surface area contributed by atoms with Crippen molar-refractivity contribution in [2.45, 2.75) is 6.42 Å². The van der Waals surface area contributed by atoms with Crippen molar-refractivity contribution >= 4 is 45.2 Å². The van der Waals surface area contributed by atoms with E-state index in [1.54, 1.807) is 12.0 Å². The molecule has 2 heterocycles. The van der Waals surface area contributed by atoms with Gasteiger partial charge in [-0.05, 0) is 29.9 Å². The Bertz CT molecular complexity index is 626. The van der Waals surface area contributed by atoms with Crippen molar-refractivity contribution in [2.75, 3.05) is 24.3 Å². The summed E-state index contributed by atoms with van der Waals surface area (Å²) in [7, 11) is 1.64. The third-order valence-electron chi connectivity index (χ3n) is 3.28. The van der Waals surface area contributed by atoms with E-state index in [1.807, 2.05) is 18.2 Å². The lowest BCUT2D eigenvalue weighted by Gasteiger charge is -2.11. The summed E-state index contributed by atoms with van der Waals surface area (Å²) in [6.07, 6.45) is 0.572. The molecule has 6 heteroatoms. The van der Waals surface area contributed by atoms with Crippen molar-refractivity contribution in [2.24, 2.45) is 5.92 Å². The van der Waals surface area contributed by atoms with E-state index in [9.17, 15) is 4.79 Å². The normalized spacial score (nSPS) is 19.4. The van der Waals surface area contributed by atoms with Crippen LogP contribution >= 0.6 is 24.0 Å². The van der Waals surface area contributed by atoms with Gasteiger partial charge in [0.25, 0.3) is 0 Å².